The summed E-state index contributed by atoms with van der Waals surface area (Å²) in [5, 5.41) is 6.23. The third kappa shape index (κ3) is 4.77. The molecule has 1 unspecified atom stereocenters. The van der Waals surface area contributed by atoms with Crippen molar-refractivity contribution in [2.24, 2.45) is 0 Å². The van der Waals surface area contributed by atoms with Crippen molar-refractivity contribution in [2.75, 3.05) is 13.1 Å². The molecule has 0 saturated heterocycles. The van der Waals surface area contributed by atoms with Crippen LogP contribution in [0.15, 0.2) is 15.9 Å². The average molecular weight is 319 g/mol. The molecule has 2 N–H and O–H groups in total. The fourth-order valence-electron chi connectivity index (χ4n) is 1.52. The van der Waals surface area contributed by atoms with Gasteiger partial charge in [0.1, 0.15) is 0 Å². The first kappa shape index (κ1) is 14.7. The topological polar surface area (TPSA) is 41.1 Å². The molecule has 0 saturated carbocycles. The van der Waals surface area contributed by atoms with Crippen LogP contribution in [0.3, 0.4) is 0 Å². The summed E-state index contributed by atoms with van der Waals surface area (Å²) < 4.78 is 1.06. The number of thiophene rings is 1. The van der Waals surface area contributed by atoms with Gasteiger partial charge in [-0.15, -0.1) is 11.3 Å². The van der Waals surface area contributed by atoms with E-state index in [0.717, 1.165) is 15.2 Å². The largest absolute Gasteiger partial charge is 0.354 e. The van der Waals surface area contributed by atoms with E-state index in [4.69, 9.17) is 0 Å². The van der Waals surface area contributed by atoms with Gasteiger partial charge in [0, 0.05) is 17.5 Å². The van der Waals surface area contributed by atoms with Crippen molar-refractivity contribution in [1.29, 1.82) is 0 Å². The van der Waals surface area contributed by atoms with E-state index in [1.54, 1.807) is 11.3 Å². The molecule has 0 aliphatic rings. The average Bonchev–Trinajstić information content (AvgIpc) is 2.72. The molecule has 0 radical (unpaired) electrons. The minimum atomic E-state index is -0.0832. The van der Waals surface area contributed by atoms with Gasteiger partial charge in [-0.2, -0.15) is 0 Å². The zero-order chi connectivity index (χ0) is 12.8. The number of rotatable bonds is 6. The Kier molecular flexibility index (Phi) is 6.16. The molecule has 1 amide bonds. The first-order valence-electron chi connectivity index (χ1n) is 5.81. The summed E-state index contributed by atoms with van der Waals surface area (Å²) in [6.07, 6.45) is 0. The first-order chi connectivity index (χ1) is 8.04. The van der Waals surface area contributed by atoms with Crippen molar-refractivity contribution in [1.82, 2.24) is 10.6 Å². The summed E-state index contributed by atoms with van der Waals surface area (Å²) in [7, 11) is 0. The molecule has 3 nitrogen and oxygen atoms in total. The van der Waals surface area contributed by atoms with E-state index in [0.29, 0.717) is 12.6 Å². The van der Waals surface area contributed by atoms with Crippen LogP contribution in [0, 0.1) is 0 Å². The monoisotopic (exact) mass is 318 g/mol. The Labute approximate surface area is 115 Å². The molecule has 1 aromatic heterocycles. The molecular formula is C12H19BrN2OS. The van der Waals surface area contributed by atoms with Crippen molar-refractivity contribution in [3.8, 4) is 0 Å². The fourth-order valence-corrected chi connectivity index (χ4v) is 2.99. The number of amides is 1. The van der Waals surface area contributed by atoms with Gasteiger partial charge in [-0.05, 0) is 48.5 Å². The highest BCUT2D eigenvalue weighted by atomic mass is 79.9. The van der Waals surface area contributed by atoms with E-state index >= 15 is 0 Å². The highest BCUT2D eigenvalue weighted by Crippen LogP contribution is 2.28. The van der Waals surface area contributed by atoms with Crippen molar-refractivity contribution in [3.63, 3.8) is 0 Å². The molecule has 96 valence electrons. The maximum Gasteiger partial charge on any atom is 0.228 e. The van der Waals surface area contributed by atoms with Gasteiger partial charge in [0.25, 0.3) is 0 Å². The quantitative estimate of drug-likeness (QED) is 0.846. The summed E-state index contributed by atoms with van der Waals surface area (Å²) in [5.41, 5.74) is 0. The molecule has 5 heteroatoms. The number of halogens is 1. The van der Waals surface area contributed by atoms with E-state index in [1.165, 1.54) is 0 Å². The molecular weight excluding hydrogens is 300 g/mol. The third-order valence-corrected chi connectivity index (χ3v) is 4.36. The number of hydrogen-bond donors (Lipinski definition) is 2. The van der Waals surface area contributed by atoms with E-state index < -0.39 is 0 Å². The van der Waals surface area contributed by atoms with E-state index in [-0.39, 0.29) is 11.8 Å². The lowest BCUT2D eigenvalue weighted by Crippen LogP contribution is -2.40. The minimum Gasteiger partial charge on any atom is -0.354 e. The van der Waals surface area contributed by atoms with Crippen LogP contribution in [0.5, 0.6) is 0 Å². The molecule has 0 fully saturated rings. The molecule has 0 bridgehead atoms. The highest BCUT2D eigenvalue weighted by Gasteiger charge is 2.17. The van der Waals surface area contributed by atoms with Gasteiger partial charge in [0.05, 0.1) is 9.70 Å². The Morgan fingerprint density at radius 1 is 1.47 bits per heavy atom. The van der Waals surface area contributed by atoms with E-state index in [2.05, 4.69) is 40.4 Å². The number of hydrogen-bond acceptors (Lipinski definition) is 3. The molecule has 0 aromatic carbocycles. The van der Waals surface area contributed by atoms with Crippen LogP contribution in [0.4, 0.5) is 0 Å². The van der Waals surface area contributed by atoms with Crippen molar-refractivity contribution in [2.45, 2.75) is 32.7 Å². The zero-order valence-electron chi connectivity index (χ0n) is 10.4. The summed E-state index contributed by atoms with van der Waals surface area (Å²) in [4.78, 5) is 13.0. The predicted octanol–water partition coefficient (Wildman–Crippen LogP) is 2.73. The molecule has 1 aromatic rings. The lowest BCUT2D eigenvalue weighted by molar-refractivity contribution is -0.122. The van der Waals surface area contributed by atoms with Gasteiger partial charge >= 0.3 is 0 Å². The number of carbonyl (C=O) groups is 1. The van der Waals surface area contributed by atoms with Crippen molar-refractivity contribution < 1.29 is 4.79 Å². The Bertz CT molecular complexity index is 367. The normalized spacial score (nSPS) is 14.4. The number of nitrogens with one attached hydrogen (secondary N) is 2. The second kappa shape index (κ2) is 7.13. The van der Waals surface area contributed by atoms with Crippen LogP contribution >= 0.6 is 27.3 Å². The lowest BCUT2D eigenvalue weighted by Gasteiger charge is -2.15. The first-order valence-corrected chi connectivity index (χ1v) is 7.41. The fraction of sp³-hybridized carbons (Fsp3) is 0.583. The van der Waals surface area contributed by atoms with E-state index in [9.17, 15) is 4.79 Å². The number of carbonyl (C=O) groups excluding carboxylic acids is 1. The van der Waals surface area contributed by atoms with Crippen LogP contribution < -0.4 is 10.6 Å². The Morgan fingerprint density at radius 3 is 2.71 bits per heavy atom. The molecule has 2 atom stereocenters. The van der Waals surface area contributed by atoms with Gasteiger partial charge < -0.3 is 10.6 Å². The number of likely N-dealkylation sites (N-methyl/N-ethyl adjacent to an activating group) is 1. The zero-order valence-corrected chi connectivity index (χ0v) is 12.8. The Balaban J connectivity index is 2.42. The second-order valence-electron chi connectivity index (χ2n) is 4.07. The smallest absolute Gasteiger partial charge is 0.228 e. The summed E-state index contributed by atoms with van der Waals surface area (Å²) in [6.45, 7) is 7.65. The van der Waals surface area contributed by atoms with Gasteiger partial charge in [-0.1, -0.05) is 6.92 Å². The Morgan fingerprint density at radius 2 is 2.18 bits per heavy atom. The van der Waals surface area contributed by atoms with Crippen LogP contribution in [0.1, 0.15) is 31.6 Å². The van der Waals surface area contributed by atoms with Crippen LogP contribution in [-0.2, 0) is 4.79 Å². The highest BCUT2D eigenvalue weighted by molar-refractivity contribution is 9.11. The maximum absolute atomic E-state index is 11.9. The molecule has 1 heterocycles. The third-order valence-electron chi connectivity index (χ3n) is 2.55. The maximum atomic E-state index is 11.9. The van der Waals surface area contributed by atoms with Crippen LogP contribution in [0.25, 0.3) is 0 Å². The van der Waals surface area contributed by atoms with Gasteiger partial charge in [0.2, 0.25) is 5.91 Å². The molecule has 0 aliphatic carbocycles. The van der Waals surface area contributed by atoms with Crippen molar-refractivity contribution >= 4 is 33.2 Å². The SMILES string of the molecule is CCN[C@H](C)CNC(=O)C(C)c1ccc(Br)s1. The van der Waals surface area contributed by atoms with Crippen molar-refractivity contribution in [3.05, 3.63) is 20.8 Å². The summed E-state index contributed by atoms with van der Waals surface area (Å²) in [6, 6.07) is 4.28. The van der Waals surface area contributed by atoms with Gasteiger partial charge in [-0.3, -0.25) is 4.79 Å². The van der Waals surface area contributed by atoms with E-state index in [1.807, 2.05) is 19.1 Å². The van der Waals surface area contributed by atoms with Crippen LogP contribution in [0.2, 0.25) is 0 Å². The minimum absolute atomic E-state index is 0.0832. The predicted molar refractivity (Wildman–Crippen MR) is 76.6 cm³/mol. The van der Waals surface area contributed by atoms with Gasteiger partial charge in [-0.25, -0.2) is 0 Å². The second-order valence-corrected chi connectivity index (χ2v) is 6.56. The summed E-state index contributed by atoms with van der Waals surface area (Å²) in [5.74, 6) is 0.00392. The van der Waals surface area contributed by atoms with Gasteiger partial charge in [0.15, 0.2) is 0 Å². The lowest BCUT2D eigenvalue weighted by atomic mass is 10.1. The molecule has 0 spiro atoms. The summed E-state index contributed by atoms with van der Waals surface area (Å²) >= 11 is 5.02. The molecule has 1 rings (SSSR count). The molecule has 0 aliphatic heterocycles. The molecule has 17 heavy (non-hydrogen) atoms. The standard InChI is InChI=1S/C12H19BrN2OS/c1-4-14-8(2)7-15-12(16)9(3)10-5-6-11(13)17-10/h5-6,8-9,14H,4,7H2,1-3H3,(H,15,16)/t8-,9?/m1/s1. The Hall–Kier alpha value is -0.390. The van der Waals surface area contributed by atoms with Crippen LogP contribution in [-0.4, -0.2) is 25.0 Å².